The lowest BCUT2D eigenvalue weighted by molar-refractivity contribution is -0.913. The maximum Gasteiger partial charge on any atom is 0.256 e. The summed E-state index contributed by atoms with van der Waals surface area (Å²) in [5.41, 5.74) is 4.48. The van der Waals surface area contributed by atoms with Gasteiger partial charge in [0.1, 0.15) is 16.8 Å². The number of nitrogens with one attached hydrogen (secondary N) is 2. The highest BCUT2D eigenvalue weighted by molar-refractivity contribution is 7.16. The van der Waals surface area contributed by atoms with Gasteiger partial charge in [-0.25, -0.2) is 0 Å². The van der Waals surface area contributed by atoms with Gasteiger partial charge in [-0.15, -0.1) is 11.3 Å². The number of amides is 1. The fourth-order valence-electron chi connectivity index (χ4n) is 4.37. The molecule has 1 amide bonds. The molecule has 1 aromatic heterocycles. The highest BCUT2D eigenvalue weighted by atomic mass is 32.1. The van der Waals surface area contributed by atoms with Gasteiger partial charge in [-0.05, 0) is 55.8 Å². The van der Waals surface area contributed by atoms with E-state index in [2.05, 4.69) is 31.3 Å². The van der Waals surface area contributed by atoms with Gasteiger partial charge in [0, 0.05) is 28.8 Å². The van der Waals surface area contributed by atoms with Gasteiger partial charge in [0.2, 0.25) is 0 Å². The molecule has 3 aromatic rings. The monoisotopic (exact) mass is 421 g/mol. The van der Waals surface area contributed by atoms with Gasteiger partial charge in [-0.2, -0.15) is 0 Å². The van der Waals surface area contributed by atoms with Crippen molar-refractivity contribution in [3.8, 4) is 5.75 Å². The Labute approximate surface area is 182 Å². The first-order chi connectivity index (χ1) is 14.6. The normalized spacial score (nSPS) is 15.2. The fourth-order valence-corrected chi connectivity index (χ4v) is 5.46. The number of quaternary nitrogens is 1. The van der Waals surface area contributed by atoms with Crippen LogP contribution in [0.2, 0.25) is 0 Å². The van der Waals surface area contributed by atoms with Gasteiger partial charge >= 0.3 is 0 Å². The molecule has 1 atom stereocenters. The minimum Gasteiger partial charge on any atom is -0.497 e. The molecular weight excluding hydrogens is 392 g/mol. The summed E-state index contributed by atoms with van der Waals surface area (Å²) in [6, 6.07) is 18.1. The van der Waals surface area contributed by atoms with E-state index in [1.807, 2.05) is 42.5 Å². The fraction of sp³-hybridized carbons (Fsp3) is 0.320. The Morgan fingerprint density at radius 1 is 1.03 bits per heavy atom. The number of carbonyl (C=O) groups is 1. The average molecular weight is 422 g/mol. The van der Waals surface area contributed by atoms with Crippen molar-refractivity contribution in [1.29, 1.82) is 0 Å². The third-order valence-electron chi connectivity index (χ3n) is 6.09. The number of methoxy groups -OCH3 is 1. The van der Waals surface area contributed by atoms with Crippen LogP contribution in [0.4, 0.5) is 5.00 Å². The van der Waals surface area contributed by atoms with Crippen LogP contribution in [0.5, 0.6) is 5.75 Å². The molecule has 30 heavy (non-hydrogen) atoms. The lowest BCUT2D eigenvalue weighted by Gasteiger charge is -2.27. The molecule has 0 bridgehead atoms. The molecule has 0 saturated carbocycles. The summed E-state index contributed by atoms with van der Waals surface area (Å²) in [6.45, 7) is 6.63. The zero-order chi connectivity index (χ0) is 21.1. The predicted octanol–water partition coefficient (Wildman–Crippen LogP) is 4.39. The van der Waals surface area contributed by atoms with E-state index in [1.165, 1.54) is 34.4 Å². The second-order valence-corrected chi connectivity index (χ2v) is 9.14. The highest BCUT2D eigenvalue weighted by Gasteiger charge is 2.34. The largest absolute Gasteiger partial charge is 0.497 e. The summed E-state index contributed by atoms with van der Waals surface area (Å²) in [6.07, 6.45) is 2.49. The van der Waals surface area contributed by atoms with E-state index in [4.69, 9.17) is 4.74 Å². The Kier molecular flexibility index (Phi) is 6.21. The molecule has 1 aliphatic heterocycles. The number of ether oxygens (including phenoxy) is 1. The molecular formula is C25H29N2O2S+. The van der Waals surface area contributed by atoms with Crippen molar-refractivity contribution in [1.82, 2.24) is 0 Å². The second-order valence-electron chi connectivity index (χ2n) is 7.92. The van der Waals surface area contributed by atoms with Gasteiger partial charge in [-0.1, -0.05) is 18.2 Å². The number of anilines is 1. The van der Waals surface area contributed by atoms with E-state index in [-0.39, 0.29) is 11.9 Å². The first-order valence-electron chi connectivity index (χ1n) is 10.5. The van der Waals surface area contributed by atoms with Gasteiger partial charge in [0.25, 0.3) is 5.91 Å². The van der Waals surface area contributed by atoms with Crippen LogP contribution in [0.1, 0.15) is 50.8 Å². The van der Waals surface area contributed by atoms with Crippen molar-refractivity contribution in [3.05, 3.63) is 81.7 Å². The quantitative estimate of drug-likeness (QED) is 0.620. The molecule has 0 spiro atoms. The van der Waals surface area contributed by atoms with E-state index in [0.717, 1.165) is 23.8 Å². The lowest BCUT2D eigenvalue weighted by atomic mass is 9.95. The topological polar surface area (TPSA) is 42.8 Å². The summed E-state index contributed by atoms with van der Waals surface area (Å²) in [5.74, 6) is 0.813. The van der Waals surface area contributed by atoms with Crippen molar-refractivity contribution in [2.24, 2.45) is 0 Å². The van der Waals surface area contributed by atoms with Crippen molar-refractivity contribution in [2.75, 3.05) is 25.5 Å². The van der Waals surface area contributed by atoms with Crippen LogP contribution in [0.25, 0.3) is 0 Å². The molecule has 156 valence electrons. The van der Waals surface area contributed by atoms with Gasteiger partial charge in [-0.3, -0.25) is 4.79 Å². The van der Waals surface area contributed by atoms with E-state index in [0.29, 0.717) is 5.56 Å². The first-order valence-corrected chi connectivity index (χ1v) is 11.3. The van der Waals surface area contributed by atoms with Gasteiger partial charge in [0.15, 0.2) is 0 Å². The van der Waals surface area contributed by atoms with Crippen LogP contribution in [0.15, 0.2) is 54.6 Å². The number of thiophene rings is 1. The van der Waals surface area contributed by atoms with Gasteiger partial charge < -0.3 is 15.0 Å². The molecule has 0 radical (unpaired) electrons. The molecule has 5 heteroatoms. The second kappa shape index (κ2) is 9.02. The zero-order valence-electron chi connectivity index (χ0n) is 17.8. The van der Waals surface area contributed by atoms with Crippen LogP contribution in [-0.4, -0.2) is 26.1 Å². The highest BCUT2D eigenvalue weighted by Crippen LogP contribution is 2.39. The maximum absolute atomic E-state index is 12.9. The Hall–Kier alpha value is -2.63. The van der Waals surface area contributed by atoms with Crippen molar-refractivity contribution in [2.45, 2.75) is 32.7 Å². The minimum atomic E-state index is -0.0528. The molecule has 1 unspecified atom stereocenters. The molecule has 1 fully saturated rings. The summed E-state index contributed by atoms with van der Waals surface area (Å²) in [5, 5.41) is 4.20. The zero-order valence-corrected chi connectivity index (χ0v) is 18.6. The number of rotatable bonds is 6. The molecule has 4 nitrogen and oxygen atoms in total. The number of hydrogen-bond donors (Lipinski definition) is 2. The molecule has 2 N–H and O–H groups in total. The van der Waals surface area contributed by atoms with Crippen LogP contribution >= 0.6 is 11.3 Å². The minimum absolute atomic E-state index is 0.0528. The summed E-state index contributed by atoms with van der Waals surface area (Å²) in [4.78, 5) is 15.7. The van der Waals surface area contributed by atoms with Crippen LogP contribution in [0.3, 0.4) is 0 Å². The summed E-state index contributed by atoms with van der Waals surface area (Å²) < 4.78 is 5.37. The summed E-state index contributed by atoms with van der Waals surface area (Å²) in [7, 11) is 1.70. The molecule has 1 saturated heterocycles. The predicted molar refractivity (Wildman–Crippen MR) is 123 cm³/mol. The van der Waals surface area contributed by atoms with E-state index < -0.39 is 0 Å². The standard InChI is InChI=1S/C25H28N2O2S/c1-17-18(2)30-25(26-24(28)20-9-5-4-6-10-20)22(17)23(27-15-7-8-16-27)19-11-13-21(29-3)14-12-19/h4-6,9-14,23H,7-8,15-16H2,1-3H3,(H,26,28)/p+1. The molecule has 0 aliphatic carbocycles. The van der Waals surface area contributed by atoms with Crippen LogP contribution in [0, 0.1) is 13.8 Å². The number of likely N-dealkylation sites (tertiary alicyclic amines) is 1. The third-order valence-corrected chi connectivity index (χ3v) is 7.23. The summed E-state index contributed by atoms with van der Waals surface area (Å²) >= 11 is 1.68. The van der Waals surface area contributed by atoms with E-state index in [9.17, 15) is 4.79 Å². The Morgan fingerprint density at radius 2 is 1.70 bits per heavy atom. The third kappa shape index (κ3) is 4.13. The molecule has 4 rings (SSSR count). The number of benzene rings is 2. The lowest BCUT2D eigenvalue weighted by Crippen LogP contribution is -3.10. The smallest absolute Gasteiger partial charge is 0.256 e. The Balaban J connectivity index is 1.75. The van der Waals surface area contributed by atoms with Gasteiger partial charge in [0.05, 0.1) is 25.8 Å². The first kappa shape index (κ1) is 20.6. The molecule has 2 heterocycles. The Bertz CT molecular complexity index is 1010. The van der Waals surface area contributed by atoms with E-state index in [1.54, 1.807) is 23.3 Å². The van der Waals surface area contributed by atoms with E-state index >= 15 is 0 Å². The van der Waals surface area contributed by atoms with Crippen LogP contribution < -0.4 is 15.0 Å². The van der Waals surface area contributed by atoms with Crippen molar-refractivity contribution in [3.63, 3.8) is 0 Å². The van der Waals surface area contributed by atoms with Crippen molar-refractivity contribution >= 4 is 22.2 Å². The molecule has 1 aliphatic rings. The molecule has 2 aromatic carbocycles. The number of hydrogen-bond acceptors (Lipinski definition) is 3. The number of aryl methyl sites for hydroxylation is 1. The Morgan fingerprint density at radius 3 is 2.33 bits per heavy atom. The number of carbonyl (C=O) groups excluding carboxylic acids is 1. The average Bonchev–Trinajstić information content (AvgIpc) is 3.40. The maximum atomic E-state index is 12.9. The van der Waals surface area contributed by atoms with Crippen molar-refractivity contribution < 1.29 is 14.4 Å². The SMILES string of the molecule is COc1ccc(C(c2c(NC(=O)c3ccccc3)sc(C)c2C)[NH+]2CCCC2)cc1. The van der Waals surface area contributed by atoms with Crippen LogP contribution in [-0.2, 0) is 0 Å².